The van der Waals surface area contributed by atoms with Crippen LogP contribution in [0.3, 0.4) is 0 Å². The van der Waals surface area contributed by atoms with E-state index < -0.39 is 0 Å². The zero-order chi connectivity index (χ0) is 40.5. The lowest BCUT2D eigenvalue weighted by atomic mass is 9.60. The number of benzene rings is 2. The summed E-state index contributed by atoms with van der Waals surface area (Å²) in [6.45, 7) is 39.8. The number of aryl methyl sites for hydroxylation is 2. The molecule has 0 heterocycles. The largest absolute Gasteiger partial charge is 0.0995 e. The number of allylic oxidation sites excluding steroid dienone is 4. The fraction of sp³-hybridized carbons (Fsp3) is 0.636. The first-order valence-electron chi connectivity index (χ1n) is 23.1. The molecular formula is C55H86. The Morgan fingerprint density at radius 3 is 1.38 bits per heavy atom. The topological polar surface area (TPSA) is 0 Å². The van der Waals surface area contributed by atoms with Crippen LogP contribution in [-0.4, -0.2) is 0 Å². The van der Waals surface area contributed by atoms with Crippen molar-refractivity contribution < 1.29 is 0 Å². The van der Waals surface area contributed by atoms with Crippen LogP contribution >= 0.6 is 0 Å². The Kier molecular flexibility index (Phi) is 20.1. The second-order valence-corrected chi connectivity index (χ2v) is 19.4. The normalized spacial score (nSPS) is 17.8. The predicted octanol–water partition coefficient (Wildman–Crippen LogP) is 17.6. The quantitative estimate of drug-likeness (QED) is 0.0992. The summed E-state index contributed by atoms with van der Waals surface area (Å²) >= 11 is 0. The Bertz CT molecular complexity index is 1460. The van der Waals surface area contributed by atoms with Crippen LogP contribution in [0, 0.1) is 60.7 Å². The van der Waals surface area contributed by atoms with Gasteiger partial charge in [0.15, 0.2) is 0 Å². The van der Waals surface area contributed by atoms with E-state index in [1.807, 2.05) is 0 Å². The lowest BCUT2D eigenvalue weighted by Crippen LogP contribution is -2.36. The number of unbranched alkanes of at least 4 members (excludes halogenated alkanes) is 4. The minimum absolute atomic E-state index is 0.176. The average molecular weight is 747 g/mol. The molecule has 0 nitrogen and oxygen atoms in total. The third-order valence-corrected chi connectivity index (χ3v) is 13.6. The highest BCUT2D eigenvalue weighted by Gasteiger charge is 2.41. The fourth-order valence-electron chi connectivity index (χ4n) is 10.8. The molecule has 0 aromatic heterocycles. The van der Waals surface area contributed by atoms with E-state index in [1.165, 1.54) is 160 Å². The average Bonchev–Trinajstić information content (AvgIpc) is 3.16. The monoisotopic (exact) mass is 747 g/mol. The van der Waals surface area contributed by atoms with Gasteiger partial charge in [0.1, 0.15) is 0 Å². The summed E-state index contributed by atoms with van der Waals surface area (Å²) in [5, 5.41) is 0. The van der Waals surface area contributed by atoms with Crippen molar-refractivity contribution in [3.63, 3.8) is 0 Å². The molecule has 0 aliphatic heterocycles. The van der Waals surface area contributed by atoms with Crippen LogP contribution in [0.2, 0.25) is 0 Å². The lowest BCUT2D eigenvalue weighted by Gasteiger charge is -2.45. The molecule has 2 aliphatic rings. The summed E-state index contributed by atoms with van der Waals surface area (Å²) < 4.78 is 0. The van der Waals surface area contributed by atoms with Gasteiger partial charge >= 0.3 is 0 Å². The first-order chi connectivity index (χ1) is 26.2. The Hall–Kier alpha value is -2.60. The zero-order valence-corrected chi connectivity index (χ0v) is 37.7. The molecule has 306 valence electrons. The maximum atomic E-state index is 4.71. The molecule has 2 aromatic carbocycles. The maximum Gasteiger partial charge on any atom is -0.00449 e. The van der Waals surface area contributed by atoms with Gasteiger partial charge in [0.25, 0.3) is 0 Å². The standard InChI is InChI=1S/C28H44.C27H42/c1-8-9-11-17-22(3)26(24-18-12-10-13-19-24)27(28(5,6)7)23(4)25-20-15-14-16-21(25)2;1-7-8-10-16-22(5)27(24-17-11-9-12-18-24)26(20(2)3)23(6)25-19-14-13-15-21(25)4/h14-16,20,24,26-27H,3-4,8-13,17-19H2,1-2,5-7H3;13-15,19-20,24,26-27H,5-12,16-18H2,1-4H3. The van der Waals surface area contributed by atoms with E-state index in [2.05, 4.69) is 124 Å². The first kappa shape index (κ1) is 46.8. The molecule has 2 fully saturated rings. The van der Waals surface area contributed by atoms with Gasteiger partial charge in [-0.05, 0) is 145 Å². The highest BCUT2D eigenvalue weighted by molar-refractivity contribution is 5.70. The molecule has 2 saturated carbocycles. The van der Waals surface area contributed by atoms with Crippen molar-refractivity contribution >= 4 is 11.1 Å². The van der Waals surface area contributed by atoms with Gasteiger partial charge in [0.2, 0.25) is 0 Å². The summed E-state index contributed by atoms with van der Waals surface area (Å²) in [6, 6.07) is 17.6. The third kappa shape index (κ3) is 13.8. The summed E-state index contributed by atoms with van der Waals surface area (Å²) in [7, 11) is 0. The highest BCUT2D eigenvalue weighted by atomic mass is 14.4. The smallest absolute Gasteiger partial charge is 0.00449 e. The van der Waals surface area contributed by atoms with E-state index in [1.54, 1.807) is 0 Å². The number of hydrogen-bond donors (Lipinski definition) is 0. The van der Waals surface area contributed by atoms with Crippen LogP contribution in [0.1, 0.15) is 186 Å². The lowest BCUT2D eigenvalue weighted by molar-refractivity contribution is 0.154. The Labute approximate surface area is 342 Å². The molecule has 2 aliphatic carbocycles. The van der Waals surface area contributed by atoms with Gasteiger partial charge in [-0.2, -0.15) is 0 Å². The van der Waals surface area contributed by atoms with Crippen LogP contribution in [-0.2, 0) is 0 Å². The molecule has 0 radical (unpaired) electrons. The van der Waals surface area contributed by atoms with Gasteiger partial charge in [0, 0.05) is 0 Å². The third-order valence-electron chi connectivity index (χ3n) is 13.6. The van der Waals surface area contributed by atoms with Gasteiger partial charge < -0.3 is 0 Å². The van der Waals surface area contributed by atoms with Crippen molar-refractivity contribution in [3.8, 4) is 0 Å². The number of hydrogen-bond acceptors (Lipinski definition) is 0. The van der Waals surface area contributed by atoms with Gasteiger partial charge in [0.05, 0.1) is 0 Å². The molecule has 0 N–H and O–H groups in total. The van der Waals surface area contributed by atoms with Gasteiger partial charge in [-0.1, -0.05) is 199 Å². The second-order valence-electron chi connectivity index (χ2n) is 19.4. The van der Waals surface area contributed by atoms with E-state index >= 15 is 0 Å². The van der Waals surface area contributed by atoms with Crippen LogP contribution in [0.25, 0.3) is 11.1 Å². The minimum atomic E-state index is 0.176. The molecular weight excluding hydrogens is 661 g/mol. The van der Waals surface area contributed by atoms with Crippen LogP contribution < -0.4 is 0 Å². The Balaban J connectivity index is 0.000000296. The summed E-state index contributed by atoms with van der Waals surface area (Å²) in [4.78, 5) is 0. The summed E-state index contributed by atoms with van der Waals surface area (Å²) in [5.41, 5.74) is 11.3. The molecule has 0 saturated heterocycles. The van der Waals surface area contributed by atoms with E-state index in [9.17, 15) is 0 Å². The van der Waals surface area contributed by atoms with E-state index in [4.69, 9.17) is 13.2 Å². The van der Waals surface area contributed by atoms with Crippen molar-refractivity contribution in [1.82, 2.24) is 0 Å². The predicted molar refractivity (Wildman–Crippen MR) is 248 cm³/mol. The van der Waals surface area contributed by atoms with Crippen molar-refractivity contribution in [2.24, 2.45) is 46.8 Å². The minimum Gasteiger partial charge on any atom is -0.0995 e. The van der Waals surface area contributed by atoms with E-state index in [0.717, 1.165) is 11.8 Å². The SMILES string of the molecule is C=C(CCCCC)C(C1CCCCC1)C(C(=C)c1ccccc1C)C(C)(C)C.C=C(c1ccccc1C)C(C(C)C)C(C(=C)CCCCC)C1CCCCC1. The molecule has 0 bridgehead atoms. The maximum absolute atomic E-state index is 4.71. The molecule has 4 rings (SSSR count). The molecule has 0 spiro atoms. The Morgan fingerprint density at radius 1 is 0.582 bits per heavy atom. The second kappa shape index (κ2) is 23.6. The zero-order valence-electron chi connectivity index (χ0n) is 37.7. The molecule has 55 heavy (non-hydrogen) atoms. The number of rotatable bonds is 19. The fourth-order valence-corrected chi connectivity index (χ4v) is 10.8. The van der Waals surface area contributed by atoms with Crippen LogP contribution in [0.5, 0.6) is 0 Å². The van der Waals surface area contributed by atoms with E-state index in [-0.39, 0.29) is 5.41 Å². The Morgan fingerprint density at radius 2 is 0.982 bits per heavy atom. The molecule has 4 unspecified atom stereocenters. The summed E-state index contributed by atoms with van der Waals surface area (Å²) in [6.07, 6.45) is 24.0. The van der Waals surface area contributed by atoms with Gasteiger partial charge in [-0.25, -0.2) is 0 Å². The van der Waals surface area contributed by atoms with E-state index in [0.29, 0.717) is 29.6 Å². The molecule has 2 aromatic rings. The van der Waals surface area contributed by atoms with Crippen molar-refractivity contribution in [3.05, 3.63) is 108 Å². The molecule has 0 heteroatoms. The van der Waals surface area contributed by atoms with Crippen molar-refractivity contribution in [2.75, 3.05) is 0 Å². The van der Waals surface area contributed by atoms with Crippen molar-refractivity contribution in [2.45, 2.75) is 178 Å². The van der Waals surface area contributed by atoms with Crippen molar-refractivity contribution in [1.29, 1.82) is 0 Å². The van der Waals surface area contributed by atoms with Crippen LogP contribution in [0.15, 0.2) is 86.0 Å². The molecule has 4 atom stereocenters. The van der Waals surface area contributed by atoms with Crippen LogP contribution in [0.4, 0.5) is 0 Å². The summed E-state index contributed by atoms with van der Waals surface area (Å²) in [5.74, 6) is 4.26. The highest BCUT2D eigenvalue weighted by Crippen LogP contribution is 2.51. The first-order valence-corrected chi connectivity index (χ1v) is 23.1. The van der Waals surface area contributed by atoms with Gasteiger partial charge in [-0.15, -0.1) is 0 Å². The van der Waals surface area contributed by atoms with Gasteiger partial charge in [-0.3, -0.25) is 0 Å². The molecule has 0 amide bonds.